The van der Waals surface area contributed by atoms with Crippen LogP contribution in [0.25, 0.3) is 0 Å². The molecule has 154 valence electrons. The van der Waals surface area contributed by atoms with Crippen LogP contribution in [-0.4, -0.2) is 62.1 Å². The maximum absolute atomic E-state index is 13.0. The summed E-state index contributed by atoms with van der Waals surface area (Å²) in [5.41, 5.74) is 1.12. The summed E-state index contributed by atoms with van der Waals surface area (Å²) in [6, 6.07) is 5.41. The molecule has 2 aliphatic heterocycles. The fourth-order valence-electron chi connectivity index (χ4n) is 3.98. The van der Waals surface area contributed by atoms with Crippen molar-refractivity contribution in [2.75, 3.05) is 44.3 Å². The molecule has 0 unspecified atom stereocenters. The number of hydrogen-bond donors (Lipinski definition) is 1. The lowest BCUT2D eigenvalue weighted by Gasteiger charge is -2.35. The number of carbonyl (C=O) groups is 2. The summed E-state index contributed by atoms with van der Waals surface area (Å²) in [7, 11) is 0. The van der Waals surface area contributed by atoms with Gasteiger partial charge in [-0.25, -0.2) is 0 Å². The Hall–Kier alpha value is -1.63. The van der Waals surface area contributed by atoms with E-state index in [0.717, 1.165) is 39.1 Å². The summed E-state index contributed by atoms with van der Waals surface area (Å²) in [6.45, 7) is 8.86. The number of carbonyl (C=O) groups excluding carboxylic acids is 2. The molecule has 6 nitrogen and oxygen atoms in total. The van der Waals surface area contributed by atoms with Gasteiger partial charge in [-0.2, -0.15) is 0 Å². The molecule has 1 aromatic carbocycles. The first-order valence-corrected chi connectivity index (χ1v) is 10.5. The summed E-state index contributed by atoms with van der Waals surface area (Å²) < 4.78 is 5.46. The topological polar surface area (TPSA) is 61.9 Å². The summed E-state index contributed by atoms with van der Waals surface area (Å²) in [5.74, 6) is 0.425. The van der Waals surface area contributed by atoms with Crippen LogP contribution in [0.4, 0.5) is 5.69 Å². The van der Waals surface area contributed by atoms with E-state index in [1.807, 2.05) is 0 Å². The maximum atomic E-state index is 13.0. The minimum atomic E-state index is -0.159. The van der Waals surface area contributed by atoms with E-state index in [-0.39, 0.29) is 17.9 Å². The van der Waals surface area contributed by atoms with Crippen molar-refractivity contribution in [3.05, 3.63) is 28.8 Å². The number of amides is 2. The van der Waals surface area contributed by atoms with Crippen molar-refractivity contribution in [2.45, 2.75) is 39.2 Å². The first kappa shape index (κ1) is 21.1. The third-order valence-corrected chi connectivity index (χ3v) is 5.61. The van der Waals surface area contributed by atoms with Crippen LogP contribution in [0.15, 0.2) is 18.2 Å². The lowest BCUT2D eigenvalue weighted by atomic mass is 10.0. The molecule has 0 bridgehead atoms. The standard InChI is InChI=1S/C21H30ClN3O3/c1-15(2)12-17(24-8-10-28-11-9-24)14-23-21(27)18-6-5-16(22)13-19(18)25-7-3-4-20(25)26/h5-6,13,15,17H,3-4,7-12,14H2,1-2H3,(H,23,27)/t17-/m0/s1. The van der Waals surface area contributed by atoms with E-state index in [9.17, 15) is 9.59 Å². The van der Waals surface area contributed by atoms with Gasteiger partial charge in [0.1, 0.15) is 0 Å². The fraction of sp³-hybridized carbons (Fsp3) is 0.619. The Bertz CT molecular complexity index is 704. The quantitative estimate of drug-likeness (QED) is 0.754. The van der Waals surface area contributed by atoms with Gasteiger partial charge in [-0.05, 0) is 37.0 Å². The largest absolute Gasteiger partial charge is 0.379 e. The summed E-state index contributed by atoms with van der Waals surface area (Å²) in [6.07, 6.45) is 2.33. The Morgan fingerprint density at radius 1 is 1.25 bits per heavy atom. The van der Waals surface area contributed by atoms with E-state index in [1.54, 1.807) is 23.1 Å². The second-order valence-electron chi connectivity index (χ2n) is 7.95. The fourth-order valence-corrected chi connectivity index (χ4v) is 4.14. The molecule has 2 fully saturated rings. The van der Waals surface area contributed by atoms with Crippen LogP contribution >= 0.6 is 11.6 Å². The second-order valence-corrected chi connectivity index (χ2v) is 8.39. The smallest absolute Gasteiger partial charge is 0.253 e. The molecular weight excluding hydrogens is 378 g/mol. The second kappa shape index (κ2) is 9.72. The molecule has 1 N–H and O–H groups in total. The first-order chi connectivity index (χ1) is 13.5. The molecule has 1 aromatic rings. The molecule has 7 heteroatoms. The summed E-state index contributed by atoms with van der Waals surface area (Å²) >= 11 is 6.15. The number of halogens is 1. The molecule has 0 saturated carbocycles. The van der Waals surface area contributed by atoms with E-state index in [1.165, 1.54) is 0 Å². The number of nitrogens with zero attached hydrogens (tertiary/aromatic N) is 2. The molecule has 2 amide bonds. The van der Waals surface area contributed by atoms with Crippen LogP contribution in [0.2, 0.25) is 5.02 Å². The lowest BCUT2D eigenvalue weighted by molar-refractivity contribution is -0.117. The van der Waals surface area contributed by atoms with Crippen molar-refractivity contribution in [2.24, 2.45) is 5.92 Å². The molecule has 2 aliphatic rings. The van der Waals surface area contributed by atoms with Crippen molar-refractivity contribution < 1.29 is 14.3 Å². The SMILES string of the molecule is CC(C)C[C@@H](CNC(=O)c1ccc(Cl)cc1N1CCCC1=O)N1CCOCC1. The van der Waals surface area contributed by atoms with E-state index in [4.69, 9.17) is 16.3 Å². The van der Waals surface area contributed by atoms with Crippen LogP contribution in [0, 0.1) is 5.92 Å². The minimum Gasteiger partial charge on any atom is -0.379 e. The Morgan fingerprint density at radius 2 is 2.00 bits per heavy atom. The average molecular weight is 408 g/mol. The number of hydrogen-bond acceptors (Lipinski definition) is 4. The summed E-state index contributed by atoms with van der Waals surface area (Å²) in [4.78, 5) is 29.2. The van der Waals surface area contributed by atoms with Crippen LogP contribution < -0.4 is 10.2 Å². The predicted molar refractivity (Wildman–Crippen MR) is 111 cm³/mol. The van der Waals surface area contributed by atoms with Gasteiger partial charge in [-0.15, -0.1) is 0 Å². The van der Waals surface area contributed by atoms with Gasteiger partial charge in [-0.3, -0.25) is 14.5 Å². The number of nitrogens with one attached hydrogen (secondary N) is 1. The zero-order valence-electron chi connectivity index (χ0n) is 16.7. The van der Waals surface area contributed by atoms with E-state index in [2.05, 4.69) is 24.1 Å². The molecule has 3 rings (SSSR count). The summed E-state index contributed by atoms with van der Waals surface area (Å²) in [5, 5.41) is 3.62. The molecule has 0 aliphatic carbocycles. The van der Waals surface area contributed by atoms with E-state index >= 15 is 0 Å². The van der Waals surface area contributed by atoms with Gasteiger partial charge >= 0.3 is 0 Å². The van der Waals surface area contributed by atoms with Gasteiger partial charge < -0.3 is 15.0 Å². The predicted octanol–water partition coefficient (Wildman–Crippen LogP) is 2.94. The molecule has 1 atom stereocenters. The average Bonchev–Trinajstić information content (AvgIpc) is 3.11. The molecule has 2 heterocycles. The number of morpholine rings is 1. The zero-order valence-corrected chi connectivity index (χ0v) is 17.5. The third-order valence-electron chi connectivity index (χ3n) is 5.37. The highest BCUT2D eigenvalue weighted by molar-refractivity contribution is 6.31. The monoisotopic (exact) mass is 407 g/mol. The van der Waals surface area contributed by atoms with Gasteiger partial charge in [0.05, 0.1) is 24.5 Å². The molecule has 2 saturated heterocycles. The van der Waals surface area contributed by atoms with Crippen molar-refractivity contribution in [3.8, 4) is 0 Å². The molecular formula is C21H30ClN3O3. The Kier molecular flexibility index (Phi) is 7.32. The Balaban J connectivity index is 1.71. The molecule has 0 aromatic heterocycles. The van der Waals surface area contributed by atoms with Crippen LogP contribution in [0.3, 0.4) is 0 Å². The highest BCUT2D eigenvalue weighted by Crippen LogP contribution is 2.28. The van der Waals surface area contributed by atoms with Crippen molar-refractivity contribution in [1.82, 2.24) is 10.2 Å². The normalized spacial score (nSPS) is 19.3. The highest BCUT2D eigenvalue weighted by atomic mass is 35.5. The number of benzene rings is 1. The minimum absolute atomic E-state index is 0.0438. The maximum Gasteiger partial charge on any atom is 0.253 e. The Morgan fingerprint density at radius 3 is 2.64 bits per heavy atom. The molecule has 0 radical (unpaired) electrons. The van der Waals surface area contributed by atoms with Gasteiger partial charge in [0.15, 0.2) is 0 Å². The van der Waals surface area contributed by atoms with Crippen LogP contribution in [0.1, 0.15) is 43.5 Å². The highest BCUT2D eigenvalue weighted by Gasteiger charge is 2.27. The molecule has 0 spiro atoms. The third kappa shape index (κ3) is 5.25. The van der Waals surface area contributed by atoms with Crippen LogP contribution in [0.5, 0.6) is 0 Å². The van der Waals surface area contributed by atoms with Crippen molar-refractivity contribution in [3.63, 3.8) is 0 Å². The van der Waals surface area contributed by atoms with Crippen LogP contribution in [-0.2, 0) is 9.53 Å². The van der Waals surface area contributed by atoms with E-state index in [0.29, 0.717) is 41.7 Å². The van der Waals surface area contributed by atoms with Crippen molar-refractivity contribution >= 4 is 29.1 Å². The van der Waals surface area contributed by atoms with Crippen molar-refractivity contribution in [1.29, 1.82) is 0 Å². The van der Waals surface area contributed by atoms with Gasteiger partial charge in [0.2, 0.25) is 5.91 Å². The number of rotatable bonds is 7. The van der Waals surface area contributed by atoms with Gasteiger partial charge in [-0.1, -0.05) is 25.4 Å². The van der Waals surface area contributed by atoms with Gasteiger partial charge in [0.25, 0.3) is 5.91 Å². The first-order valence-electron chi connectivity index (χ1n) is 10.2. The lowest BCUT2D eigenvalue weighted by Crippen LogP contribution is -2.49. The zero-order chi connectivity index (χ0) is 20.1. The van der Waals surface area contributed by atoms with E-state index < -0.39 is 0 Å². The number of ether oxygens (including phenoxy) is 1. The Labute approximate surface area is 172 Å². The number of anilines is 1. The molecule has 28 heavy (non-hydrogen) atoms. The van der Waals surface area contributed by atoms with Gasteiger partial charge in [0, 0.05) is 43.7 Å².